The summed E-state index contributed by atoms with van der Waals surface area (Å²) in [5, 5.41) is 0. The van der Waals surface area contributed by atoms with Crippen molar-refractivity contribution in [2.24, 2.45) is 0 Å². The van der Waals surface area contributed by atoms with Crippen molar-refractivity contribution in [1.82, 2.24) is 4.90 Å². The van der Waals surface area contributed by atoms with Gasteiger partial charge in [0.15, 0.2) is 0 Å². The van der Waals surface area contributed by atoms with Gasteiger partial charge in [-0.05, 0) is 41.5 Å². The highest BCUT2D eigenvalue weighted by atomic mass is 79.9. The average Bonchev–Trinajstić information content (AvgIpc) is 2.35. The molecule has 3 rings (SSSR count). The molecule has 1 saturated heterocycles. The lowest BCUT2D eigenvalue weighted by Crippen LogP contribution is -2.50. The summed E-state index contributed by atoms with van der Waals surface area (Å²) in [6.07, 6.45) is 2.75. The van der Waals surface area contributed by atoms with Crippen LogP contribution in [0.2, 0.25) is 0 Å². The molecule has 1 aromatic rings. The lowest BCUT2D eigenvalue weighted by molar-refractivity contribution is -0.136. The van der Waals surface area contributed by atoms with Gasteiger partial charge in [-0.15, -0.1) is 0 Å². The van der Waals surface area contributed by atoms with E-state index in [1.807, 2.05) is 11.9 Å². The van der Waals surface area contributed by atoms with Gasteiger partial charge in [-0.3, -0.25) is 4.79 Å². The minimum atomic E-state index is 0.131. The third-order valence-electron chi connectivity index (χ3n) is 4.89. The molecule has 1 aromatic carbocycles. The first kappa shape index (κ1) is 13.2. The zero-order valence-electron chi connectivity index (χ0n) is 11.7. The van der Waals surface area contributed by atoms with E-state index in [-0.39, 0.29) is 5.41 Å². The first-order chi connectivity index (χ1) is 8.90. The first-order valence-electron chi connectivity index (χ1n) is 6.96. The summed E-state index contributed by atoms with van der Waals surface area (Å²) >= 11 is 3.59. The van der Waals surface area contributed by atoms with Gasteiger partial charge in [0, 0.05) is 29.9 Å². The topological polar surface area (TPSA) is 20.3 Å². The van der Waals surface area contributed by atoms with E-state index in [1.165, 1.54) is 11.1 Å². The minimum Gasteiger partial charge on any atom is -0.342 e. The maximum atomic E-state index is 11.9. The van der Waals surface area contributed by atoms with Crippen molar-refractivity contribution in [2.75, 3.05) is 7.05 Å². The number of piperidine rings is 1. The Hall–Kier alpha value is -0.830. The van der Waals surface area contributed by atoms with Crippen LogP contribution in [0.5, 0.6) is 0 Å². The molecule has 1 heterocycles. The first-order valence-corrected chi connectivity index (χ1v) is 7.75. The number of benzene rings is 1. The molecule has 2 atom stereocenters. The molecule has 1 fully saturated rings. The molecule has 0 spiro atoms. The second kappa shape index (κ2) is 4.34. The van der Waals surface area contributed by atoms with Gasteiger partial charge in [0.2, 0.25) is 5.91 Å². The van der Waals surface area contributed by atoms with Crippen molar-refractivity contribution in [3.05, 3.63) is 33.8 Å². The zero-order chi connectivity index (χ0) is 13.8. The minimum absolute atomic E-state index is 0.131. The summed E-state index contributed by atoms with van der Waals surface area (Å²) in [6, 6.07) is 7.02. The molecular formula is C16H20BrNO. The van der Waals surface area contributed by atoms with E-state index in [9.17, 15) is 4.79 Å². The second-order valence-electron chi connectivity index (χ2n) is 6.54. The van der Waals surface area contributed by atoms with E-state index in [1.54, 1.807) is 0 Å². The molecule has 19 heavy (non-hydrogen) atoms. The van der Waals surface area contributed by atoms with Gasteiger partial charge in [0.05, 0.1) is 0 Å². The molecule has 0 aromatic heterocycles. The predicted molar refractivity (Wildman–Crippen MR) is 80.3 cm³/mol. The van der Waals surface area contributed by atoms with Gasteiger partial charge in [-0.2, -0.15) is 0 Å². The third kappa shape index (κ3) is 2.03. The predicted octanol–water partition coefficient (Wildman–Crippen LogP) is 3.83. The van der Waals surface area contributed by atoms with Crippen molar-refractivity contribution in [3.8, 4) is 0 Å². The normalized spacial score (nSPS) is 28.8. The fourth-order valence-electron chi connectivity index (χ4n) is 3.82. The lowest BCUT2D eigenvalue weighted by atomic mass is 9.64. The zero-order valence-corrected chi connectivity index (χ0v) is 13.3. The Morgan fingerprint density at radius 2 is 2.11 bits per heavy atom. The molecule has 0 unspecified atom stereocenters. The Bertz CT molecular complexity index is 538. The van der Waals surface area contributed by atoms with Crippen molar-refractivity contribution in [1.29, 1.82) is 0 Å². The van der Waals surface area contributed by atoms with Gasteiger partial charge in [-0.25, -0.2) is 0 Å². The van der Waals surface area contributed by atoms with Crippen molar-refractivity contribution < 1.29 is 4.79 Å². The van der Waals surface area contributed by atoms with Crippen LogP contribution >= 0.6 is 15.9 Å². The maximum Gasteiger partial charge on any atom is 0.222 e. The monoisotopic (exact) mass is 321 g/mol. The van der Waals surface area contributed by atoms with Crippen LogP contribution in [0.4, 0.5) is 0 Å². The summed E-state index contributed by atoms with van der Waals surface area (Å²) in [5.41, 5.74) is 3.03. The molecular weight excluding hydrogens is 302 g/mol. The van der Waals surface area contributed by atoms with Crippen LogP contribution in [0.15, 0.2) is 22.7 Å². The van der Waals surface area contributed by atoms with Crippen LogP contribution in [-0.4, -0.2) is 23.9 Å². The number of hydrogen-bond donors (Lipinski definition) is 0. The second-order valence-corrected chi connectivity index (χ2v) is 7.45. The Labute approximate surface area is 123 Å². The SMILES string of the molecule is CN1C(=O)CC[C@H]2c3ccc(Br)cc3C(C)(C)C[C@@H]21. The molecule has 0 saturated carbocycles. The van der Waals surface area contributed by atoms with Crippen molar-refractivity contribution >= 4 is 21.8 Å². The summed E-state index contributed by atoms with van der Waals surface area (Å²) in [6.45, 7) is 4.59. The highest BCUT2D eigenvalue weighted by molar-refractivity contribution is 9.10. The molecule has 2 nitrogen and oxygen atoms in total. The van der Waals surface area contributed by atoms with Crippen LogP contribution in [0.3, 0.4) is 0 Å². The fraction of sp³-hybridized carbons (Fsp3) is 0.562. The number of hydrogen-bond acceptors (Lipinski definition) is 1. The summed E-state index contributed by atoms with van der Waals surface area (Å²) in [4.78, 5) is 13.9. The Kier molecular flexibility index (Phi) is 3.01. The molecule has 1 amide bonds. The molecule has 0 radical (unpaired) electrons. The highest BCUT2D eigenvalue weighted by Gasteiger charge is 2.44. The largest absolute Gasteiger partial charge is 0.342 e. The molecule has 0 bridgehead atoms. The van der Waals surface area contributed by atoms with Crippen LogP contribution in [0.1, 0.15) is 50.2 Å². The summed E-state index contributed by atoms with van der Waals surface area (Å²) < 4.78 is 1.15. The molecule has 102 valence electrons. The number of carbonyl (C=O) groups excluding carboxylic acids is 1. The van der Waals surface area contributed by atoms with Crippen molar-refractivity contribution in [2.45, 2.75) is 50.5 Å². The van der Waals surface area contributed by atoms with Gasteiger partial charge < -0.3 is 4.90 Å². The third-order valence-corrected chi connectivity index (χ3v) is 5.38. The Balaban J connectivity index is 2.11. The lowest BCUT2D eigenvalue weighted by Gasteiger charge is -2.48. The number of halogens is 1. The highest BCUT2D eigenvalue weighted by Crippen LogP contribution is 2.48. The van der Waals surface area contributed by atoms with E-state index >= 15 is 0 Å². The van der Waals surface area contributed by atoms with Crippen LogP contribution in [0, 0.1) is 0 Å². The van der Waals surface area contributed by atoms with Gasteiger partial charge in [0.1, 0.15) is 0 Å². The van der Waals surface area contributed by atoms with Crippen LogP contribution in [-0.2, 0) is 10.2 Å². The molecule has 0 N–H and O–H groups in total. The number of amides is 1. The average molecular weight is 322 g/mol. The maximum absolute atomic E-state index is 11.9. The standard InChI is InChI=1S/C16H20BrNO/c1-16(2)9-14-12(6-7-15(19)18(14)3)11-5-4-10(17)8-13(11)16/h4-5,8,12,14H,6-7,9H2,1-3H3/t12-,14-/m0/s1. The van der Waals surface area contributed by atoms with E-state index in [0.717, 1.165) is 17.3 Å². The number of carbonyl (C=O) groups is 1. The van der Waals surface area contributed by atoms with Gasteiger partial charge in [-0.1, -0.05) is 35.8 Å². The van der Waals surface area contributed by atoms with E-state index < -0.39 is 0 Å². The number of fused-ring (bicyclic) bond motifs is 3. The quantitative estimate of drug-likeness (QED) is 0.711. The fourth-order valence-corrected chi connectivity index (χ4v) is 4.18. The molecule has 1 aliphatic carbocycles. The number of rotatable bonds is 0. The number of nitrogens with zero attached hydrogens (tertiary/aromatic N) is 1. The summed E-state index contributed by atoms with van der Waals surface area (Å²) in [5.74, 6) is 0.816. The smallest absolute Gasteiger partial charge is 0.222 e. The van der Waals surface area contributed by atoms with Gasteiger partial charge >= 0.3 is 0 Å². The molecule has 1 aliphatic heterocycles. The Morgan fingerprint density at radius 3 is 2.84 bits per heavy atom. The number of likely N-dealkylation sites (tertiary alicyclic amines) is 1. The molecule has 2 aliphatic rings. The number of likely N-dealkylation sites (N-methyl/N-ethyl adjacent to an activating group) is 1. The van der Waals surface area contributed by atoms with Crippen LogP contribution < -0.4 is 0 Å². The Morgan fingerprint density at radius 1 is 1.37 bits per heavy atom. The van der Waals surface area contributed by atoms with Gasteiger partial charge in [0.25, 0.3) is 0 Å². The van der Waals surface area contributed by atoms with E-state index in [2.05, 4.69) is 48.0 Å². The van der Waals surface area contributed by atoms with E-state index in [4.69, 9.17) is 0 Å². The molecule has 3 heteroatoms. The summed E-state index contributed by atoms with van der Waals surface area (Å²) in [7, 11) is 1.97. The van der Waals surface area contributed by atoms with E-state index in [0.29, 0.717) is 24.3 Å². The van der Waals surface area contributed by atoms with Crippen molar-refractivity contribution in [3.63, 3.8) is 0 Å². The van der Waals surface area contributed by atoms with Crippen LogP contribution in [0.25, 0.3) is 0 Å².